The van der Waals surface area contributed by atoms with Crippen molar-refractivity contribution in [3.8, 4) is 6.07 Å². The molecule has 0 amide bonds. The van der Waals surface area contributed by atoms with E-state index in [-0.39, 0.29) is 0 Å². The summed E-state index contributed by atoms with van der Waals surface area (Å²) in [5.41, 5.74) is 0. The van der Waals surface area contributed by atoms with Crippen LogP contribution in [0.2, 0.25) is 0 Å². The van der Waals surface area contributed by atoms with Crippen LogP contribution in [0.5, 0.6) is 0 Å². The van der Waals surface area contributed by atoms with Gasteiger partial charge in [-0.1, -0.05) is 6.92 Å². The van der Waals surface area contributed by atoms with Crippen molar-refractivity contribution in [3.05, 3.63) is 0 Å². The molecule has 48 valence electrons. The highest BCUT2D eigenvalue weighted by Crippen LogP contribution is 2.64. The fraction of sp³-hybridized carbons (Fsp3) is 0.857. The van der Waals surface area contributed by atoms with E-state index in [0.717, 1.165) is 12.3 Å². The third-order valence-corrected chi connectivity index (χ3v) is 4.03. The zero-order valence-electron chi connectivity index (χ0n) is 5.42. The molecule has 1 heterocycles. The summed E-state index contributed by atoms with van der Waals surface area (Å²) < 4.78 is 0.528. The Morgan fingerprint density at radius 3 is 2.89 bits per heavy atom. The summed E-state index contributed by atoms with van der Waals surface area (Å²) >= 11 is 1.88. The molecule has 2 heteroatoms. The second-order valence-corrected chi connectivity index (χ2v) is 4.92. The highest BCUT2D eigenvalue weighted by molar-refractivity contribution is 8.02. The summed E-state index contributed by atoms with van der Waals surface area (Å²) in [6, 6.07) is 2.31. The van der Waals surface area contributed by atoms with Gasteiger partial charge in [-0.3, -0.25) is 0 Å². The first kappa shape index (κ1) is 5.61. The second-order valence-electron chi connectivity index (χ2n) is 3.19. The van der Waals surface area contributed by atoms with Gasteiger partial charge < -0.3 is 0 Å². The van der Waals surface area contributed by atoms with Crippen LogP contribution >= 0.6 is 11.8 Å². The minimum atomic E-state index is 0.314. The van der Waals surface area contributed by atoms with Crippen LogP contribution in [0.3, 0.4) is 0 Å². The Bertz CT molecular complexity index is 184. The molecule has 3 atom stereocenters. The molecule has 1 aliphatic heterocycles. The zero-order chi connectivity index (χ0) is 6.48. The van der Waals surface area contributed by atoms with Gasteiger partial charge in [-0.2, -0.15) is 5.26 Å². The van der Waals surface area contributed by atoms with Crippen LogP contribution in [-0.4, -0.2) is 10.00 Å². The molecule has 0 spiro atoms. The molecule has 2 fully saturated rings. The summed E-state index contributed by atoms with van der Waals surface area (Å²) in [5, 5.41) is 8.86. The van der Waals surface area contributed by atoms with Gasteiger partial charge in [-0.05, 0) is 18.8 Å². The minimum absolute atomic E-state index is 0.314. The Morgan fingerprint density at radius 1 is 1.78 bits per heavy atom. The van der Waals surface area contributed by atoms with E-state index in [1.165, 1.54) is 6.42 Å². The monoisotopic (exact) mass is 139 g/mol. The number of hydrogen-bond donors (Lipinski definition) is 0. The standard InChI is InChI=1S/C7H9NS/c1-7-3-5(7)2-6(4-8)9-7/h5-6H,2-3H2,1H3. The normalized spacial score (nSPS) is 54.2. The van der Waals surface area contributed by atoms with Gasteiger partial charge in [0.1, 0.15) is 0 Å². The summed E-state index contributed by atoms with van der Waals surface area (Å²) in [6.45, 7) is 2.28. The molecule has 1 saturated heterocycles. The first-order valence-electron chi connectivity index (χ1n) is 3.32. The number of fused-ring (bicyclic) bond motifs is 1. The van der Waals surface area contributed by atoms with E-state index in [1.54, 1.807) is 0 Å². The molecule has 0 bridgehead atoms. The molecule has 2 aliphatic rings. The van der Waals surface area contributed by atoms with Gasteiger partial charge in [0.25, 0.3) is 0 Å². The minimum Gasteiger partial charge on any atom is -0.197 e. The summed E-state index contributed by atoms with van der Waals surface area (Å²) in [6.07, 6.45) is 2.51. The molecular weight excluding hydrogens is 130 g/mol. The Morgan fingerprint density at radius 2 is 2.56 bits per heavy atom. The van der Waals surface area contributed by atoms with E-state index < -0.39 is 0 Å². The van der Waals surface area contributed by atoms with Gasteiger partial charge >= 0.3 is 0 Å². The fourth-order valence-electron chi connectivity index (χ4n) is 1.62. The molecule has 0 N–H and O–H groups in total. The predicted molar refractivity (Wildman–Crippen MR) is 38.1 cm³/mol. The first-order valence-corrected chi connectivity index (χ1v) is 4.20. The van der Waals surface area contributed by atoms with Crippen molar-refractivity contribution < 1.29 is 0 Å². The maximum absolute atomic E-state index is 8.55. The molecule has 1 nitrogen and oxygen atoms in total. The molecule has 0 aromatic carbocycles. The third kappa shape index (κ3) is 0.679. The van der Waals surface area contributed by atoms with E-state index in [9.17, 15) is 0 Å². The van der Waals surface area contributed by atoms with Gasteiger partial charge in [-0.15, -0.1) is 11.8 Å². The Hall–Kier alpha value is -0.160. The lowest BCUT2D eigenvalue weighted by atomic mass is 10.2. The Balaban J connectivity index is 2.08. The number of nitrogens with zero attached hydrogens (tertiary/aromatic N) is 1. The molecule has 3 unspecified atom stereocenters. The lowest BCUT2D eigenvalue weighted by Crippen LogP contribution is -1.96. The van der Waals surface area contributed by atoms with Crippen LogP contribution in [0, 0.1) is 17.2 Å². The maximum atomic E-state index is 8.55. The van der Waals surface area contributed by atoms with Gasteiger partial charge in [0.05, 0.1) is 11.3 Å². The highest BCUT2D eigenvalue weighted by atomic mass is 32.2. The Kier molecular flexibility index (Phi) is 0.912. The van der Waals surface area contributed by atoms with Gasteiger partial charge in [0.2, 0.25) is 0 Å². The van der Waals surface area contributed by atoms with E-state index in [2.05, 4.69) is 13.0 Å². The maximum Gasteiger partial charge on any atom is 0.0925 e. The number of hydrogen-bond acceptors (Lipinski definition) is 2. The lowest BCUT2D eigenvalue weighted by molar-refractivity contribution is 0.756. The van der Waals surface area contributed by atoms with Crippen LogP contribution in [0.4, 0.5) is 0 Å². The SMILES string of the molecule is CC12CC1CC(C#N)S2. The van der Waals surface area contributed by atoms with Gasteiger partial charge in [0.15, 0.2) is 0 Å². The van der Waals surface area contributed by atoms with Gasteiger partial charge in [0, 0.05) is 4.75 Å². The van der Waals surface area contributed by atoms with Crippen molar-refractivity contribution in [2.75, 3.05) is 0 Å². The topological polar surface area (TPSA) is 23.8 Å². The average molecular weight is 139 g/mol. The van der Waals surface area contributed by atoms with Crippen molar-refractivity contribution in [1.29, 1.82) is 5.26 Å². The van der Waals surface area contributed by atoms with Crippen molar-refractivity contribution in [1.82, 2.24) is 0 Å². The zero-order valence-corrected chi connectivity index (χ0v) is 6.24. The van der Waals surface area contributed by atoms with E-state index in [0.29, 0.717) is 10.00 Å². The molecule has 2 rings (SSSR count). The summed E-state index contributed by atoms with van der Waals surface area (Å²) in [4.78, 5) is 0. The van der Waals surface area contributed by atoms with Gasteiger partial charge in [-0.25, -0.2) is 0 Å². The van der Waals surface area contributed by atoms with Crippen molar-refractivity contribution in [2.45, 2.75) is 29.8 Å². The van der Waals surface area contributed by atoms with Crippen molar-refractivity contribution in [2.24, 2.45) is 5.92 Å². The fourth-order valence-corrected chi connectivity index (χ4v) is 3.24. The molecule has 0 radical (unpaired) electrons. The van der Waals surface area contributed by atoms with Crippen LogP contribution in [0.25, 0.3) is 0 Å². The molecule has 0 aromatic rings. The number of rotatable bonds is 0. The molecule has 1 aliphatic carbocycles. The van der Waals surface area contributed by atoms with E-state index in [1.807, 2.05) is 11.8 Å². The molecule has 0 aromatic heterocycles. The second kappa shape index (κ2) is 1.46. The summed E-state index contributed by atoms with van der Waals surface area (Å²) in [5.74, 6) is 0.882. The largest absolute Gasteiger partial charge is 0.197 e. The molecule has 9 heavy (non-hydrogen) atoms. The van der Waals surface area contributed by atoms with Crippen molar-refractivity contribution >= 4 is 11.8 Å². The average Bonchev–Trinajstić information content (AvgIpc) is 2.33. The molecule has 1 saturated carbocycles. The van der Waals surface area contributed by atoms with Crippen LogP contribution in [0.15, 0.2) is 0 Å². The third-order valence-electron chi connectivity index (χ3n) is 2.41. The lowest BCUT2D eigenvalue weighted by Gasteiger charge is -2.02. The predicted octanol–water partition coefficient (Wildman–Crippen LogP) is 1.79. The van der Waals surface area contributed by atoms with Crippen molar-refractivity contribution in [3.63, 3.8) is 0 Å². The van der Waals surface area contributed by atoms with Crippen LogP contribution < -0.4 is 0 Å². The summed E-state index contributed by atoms with van der Waals surface area (Å²) in [7, 11) is 0. The smallest absolute Gasteiger partial charge is 0.0925 e. The van der Waals surface area contributed by atoms with E-state index in [4.69, 9.17) is 5.26 Å². The van der Waals surface area contributed by atoms with E-state index >= 15 is 0 Å². The quantitative estimate of drug-likeness (QED) is 0.511. The number of nitriles is 1. The number of thioether (sulfide) groups is 1. The Labute approximate surface area is 59.4 Å². The molecular formula is C7H9NS. The highest BCUT2D eigenvalue weighted by Gasteiger charge is 2.57. The first-order chi connectivity index (χ1) is 4.24. The van der Waals surface area contributed by atoms with Crippen LogP contribution in [0.1, 0.15) is 19.8 Å². The van der Waals surface area contributed by atoms with Crippen LogP contribution in [-0.2, 0) is 0 Å².